The molecular weight excluding hydrogens is 202 g/mol. The van der Waals surface area contributed by atoms with Gasteiger partial charge in [0.1, 0.15) is 0 Å². The summed E-state index contributed by atoms with van der Waals surface area (Å²) in [7, 11) is 1.85. The number of benzene rings is 1. The van der Waals surface area contributed by atoms with E-state index in [-0.39, 0.29) is 6.42 Å². The Balaban J connectivity index is 2.64. The van der Waals surface area contributed by atoms with Gasteiger partial charge < -0.3 is 10.4 Å². The molecule has 0 fully saturated rings. The first-order valence-electron chi connectivity index (χ1n) is 5.16. The molecule has 84 valence electrons. The Hall–Kier alpha value is -1.79. The molecule has 0 bridgehead atoms. The third-order valence-corrected chi connectivity index (χ3v) is 2.05. The van der Waals surface area contributed by atoms with E-state index in [1.165, 1.54) is 0 Å². The maximum atomic E-state index is 10.4. The lowest BCUT2D eigenvalue weighted by molar-refractivity contribution is -0.136. The zero-order valence-electron chi connectivity index (χ0n) is 9.29. The first kappa shape index (κ1) is 12.3. The van der Waals surface area contributed by atoms with Crippen LogP contribution in [-0.2, 0) is 11.2 Å². The second-order valence-corrected chi connectivity index (χ2v) is 3.43. The summed E-state index contributed by atoms with van der Waals surface area (Å²) in [5, 5.41) is 11.5. The molecule has 0 aliphatic carbocycles. The minimum absolute atomic E-state index is 0.160. The number of aliphatic carboxylic acids is 1. The van der Waals surface area contributed by atoms with Crippen LogP contribution >= 0.6 is 0 Å². The van der Waals surface area contributed by atoms with Crippen molar-refractivity contribution in [3.63, 3.8) is 0 Å². The number of carboxylic acid groups (broad SMARTS) is 1. The van der Waals surface area contributed by atoms with Crippen molar-refractivity contribution in [3.8, 4) is 11.8 Å². The smallest absolute Gasteiger partial charge is 0.303 e. The highest BCUT2D eigenvalue weighted by molar-refractivity contribution is 5.67. The van der Waals surface area contributed by atoms with Gasteiger partial charge in [0.05, 0.1) is 6.54 Å². The standard InChI is InChI=1S/C13H15NO2/c1-14-9-3-6-11-4-2-5-12(10-11)7-8-13(15)16/h2,4-5,10,14H,7-9H2,1H3,(H,15,16). The molecule has 0 atom stereocenters. The Labute approximate surface area is 95.5 Å². The third kappa shape index (κ3) is 4.63. The Kier molecular flexibility index (Phi) is 5.10. The zero-order valence-corrected chi connectivity index (χ0v) is 9.29. The molecule has 0 amide bonds. The van der Waals surface area contributed by atoms with Gasteiger partial charge in [-0.25, -0.2) is 0 Å². The minimum Gasteiger partial charge on any atom is -0.481 e. The molecule has 1 aromatic rings. The van der Waals surface area contributed by atoms with Gasteiger partial charge in [0.2, 0.25) is 0 Å². The normalized spacial score (nSPS) is 9.31. The van der Waals surface area contributed by atoms with Crippen LogP contribution in [0.4, 0.5) is 0 Å². The van der Waals surface area contributed by atoms with Crippen molar-refractivity contribution in [1.29, 1.82) is 0 Å². The van der Waals surface area contributed by atoms with Gasteiger partial charge in [-0.15, -0.1) is 0 Å². The summed E-state index contributed by atoms with van der Waals surface area (Å²) < 4.78 is 0. The van der Waals surface area contributed by atoms with Crippen molar-refractivity contribution in [2.45, 2.75) is 12.8 Å². The Morgan fingerprint density at radius 2 is 2.31 bits per heavy atom. The van der Waals surface area contributed by atoms with E-state index in [1.807, 2.05) is 31.3 Å². The fraction of sp³-hybridized carbons (Fsp3) is 0.308. The maximum Gasteiger partial charge on any atom is 0.303 e. The number of hydrogen-bond donors (Lipinski definition) is 2. The van der Waals surface area contributed by atoms with Gasteiger partial charge in [-0.05, 0) is 31.2 Å². The zero-order chi connectivity index (χ0) is 11.8. The predicted molar refractivity (Wildman–Crippen MR) is 63.2 cm³/mol. The lowest BCUT2D eigenvalue weighted by atomic mass is 10.1. The fourth-order valence-corrected chi connectivity index (χ4v) is 1.29. The van der Waals surface area contributed by atoms with Gasteiger partial charge in [-0.3, -0.25) is 4.79 Å². The van der Waals surface area contributed by atoms with Crippen LogP contribution in [-0.4, -0.2) is 24.7 Å². The SMILES string of the molecule is CNCC#Cc1cccc(CCC(=O)O)c1. The van der Waals surface area contributed by atoms with Crippen LogP contribution < -0.4 is 5.32 Å². The molecule has 0 radical (unpaired) electrons. The van der Waals surface area contributed by atoms with Gasteiger partial charge in [0.25, 0.3) is 0 Å². The molecule has 0 spiro atoms. The summed E-state index contributed by atoms with van der Waals surface area (Å²) in [5.41, 5.74) is 1.94. The first-order valence-corrected chi connectivity index (χ1v) is 5.16. The molecule has 0 aliphatic rings. The van der Waals surface area contributed by atoms with E-state index in [4.69, 9.17) is 5.11 Å². The summed E-state index contributed by atoms with van der Waals surface area (Å²) in [4.78, 5) is 10.4. The van der Waals surface area contributed by atoms with E-state index >= 15 is 0 Å². The molecule has 2 N–H and O–H groups in total. The molecule has 3 heteroatoms. The number of aryl methyl sites for hydroxylation is 1. The van der Waals surface area contributed by atoms with Crippen LogP contribution in [0.1, 0.15) is 17.5 Å². The van der Waals surface area contributed by atoms with Crippen molar-refractivity contribution < 1.29 is 9.90 Å². The lowest BCUT2D eigenvalue weighted by Crippen LogP contribution is -2.04. The van der Waals surface area contributed by atoms with Crippen LogP contribution in [0, 0.1) is 11.8 Å². The molecule has 0 aromatic heterocycles. The van der Waals surface area contributed by atoms with Gasteiger partial charge in [-0.1, -0.05) is 24.0 Å². The summed E-state index contributed by atoms with van der Waals surface area (Å²) in [5.74, 6) is 5.21. The molecule has 1 aromatic carbocycles. The average Bonchev–Trinajstić information content (AvgIpc) is 2.27. The van der Waals surface area contributed by atoms with Crippen molar-refractivity contribution >= 4 is 5.97 Å². The monoisotopic (exact) mass is 217 g/mol. The summed E-state index contributed by atoms with van der Waals surface area (Å²) in [6.45, 7) is 0.652. The summed E-state index contributed by atoms with van der Waals surface area (Å²) >= 11 is 0. The Bertz CT molecular complexity index is 415. The Morgan fingerprint density at radius 3 is 3.00 bits per heavy atom. The molecule has 0 heterocycles. The highest BCUT2D eigenvalue weighted by Gasteiger charge is 1.99. The maximum absolute atomic E-state index is 10.4. The molecule has 0 saturated heterocycles. The molecule has 0 unspecified atom stereocenters. The molecule has 0 saturated carbocycles. The van der Waals surface area contributed by atoms with Crippen molar-refractivity contribution in [2.24, 2.45) is 0 Å². The van der Waals surface area contributed by atoms with Crippen LogP contribution in [0.25, 0.3) is 0 Å². The Morgan fingerprint density at radius 1 is 1.50 bits per heavy atom. The minimum atomic E-state index is -0.772. The predicted octanol–water partition coefficient (Wildman–Crippen LogP) is 1.27. The summed E-state index contributed by atoms with van der Waals surface area (Å²) in [6, 6.07) is 7.69. The molecular formula is C13H15NO2. The fourth-order valence-electron chi connectivity index (χ4n) is 1.29. The van der Waals surface area contributed by atoms with E-state index in [0.717, 1.165) is 11.1 Å². The molecule has 1 rings (SSSR count). The lowest BCUT2D eigenvalue weighted by Gasteiger charge is -1.99. The van der Waals surface area contributed by atoms with Crippen molar-refractivity contribution in [3.05, 3.63) is 35.4 Å². The second-order valence-electron chi connectivity index (χ2n) is 3.43. The van der Waals surface area contributed by atoms with E-state index in [2.05, 4.69) is 17.2 Å². The van der Waals surface area contributed by atoms with E-state index in [9.17, 15) is 4.79 Å². The van der Waals surface area contributed by atoms with E-state index in [0.29, 0.717) is 13.0 Å². The van der Waals surface area contributed by atoms with Crippen LogP contribution in [0.3, 0.4) is 0 Å². The van der Waals surface area contributed by atoms with Crippen LogP contribution in [0.2, 0.25) is 0 Å². The highest BCUT2D eigenvalue weighted by atomic mass is 16.4. The van der Waals surface area contributed by atoms with Gasteiger partial charge in [0.15, 0.2) is 0 Å². The van der Waals surface area contributed by atoms with Gasteiger partial charge >= 0.3 is 5.97 Å². The topological polar surface area (TPSA) is 49.3 Å². The van der Waals surface area contributed by atoms with E-state index in [1.54, 1.807) is 0 Å². The number of carbonyl (C=O) groups is 1. The number of hydrogen-bond acceptors (Lipinski definition) is 2. The largest absolute Gasteiger partial charge is 0.481 e. The third-order valence-electron chi connectivity index (χ3n) is 2.05. The molecule has 16 heavy (non-hydrogen) atoms. The number of rotatable bonds is 4. The van der Waals surface area contributed by atoms with Crippen LogP contribution in [0.15, 0.2) is 24.3 Å². The number of nitrogens with one attached hydrogen (secondary N) is 1. The van der Waals surface area contributed by atoms with Crippen LogP contribution in [0.5, 0.6) is 0 Å². The second kappa shape index (κ2) is 6.65. The number of carboxylic acids is 1. The van der Waals surface area contributed by atoms with Gasteiger partial charge in [-0.2, -0.15) is 0 Å². The van der Waals surface area contributed by atoms with Gasteiger partial charge in [0, 0.05) is 12.0 Å². The first-order chi connectivity index (χ1) is 7.72. The quantitative estimate of drug-likeness (QED) is 0.747. The molecule has 3 nitrogen and oxygen atoms in total. The summed E-state index contributed by atoms with van der Waals surface area (Å²) in [6.07, 6.45) is 0.713. The average molecular weight is 217 g/mol. The van der Waals surface area contributed by atoms with Crippen molar-refractivity contribution in [1.82, 2.24) is 5.32 Å². The van der Waals surface area contributed by atoms with E-state index < -0.39 is 5.97 Å². The van der Waals surface area contributed by atoms with Crippen molar-refractivity contribution in [2.75, 3.05) is 13.6 Å². The highest BCUT2D eigenvalue weighted by Crippen LogP contribution is 2.06. The molecule has 0 aliphatic heterocycles.